The van der Waals surface area contributed by atoms with Gasteiger partial charge in [0.05, 0.1) is 5.92 Å². The van der Waals surface area contributed by atoms with Crippen LogP contribution in [-0.4, -0.2) is 16.2 Å². The number of nitrogens with zero attached hydrogens (tertiary/aromatic N) is 2. The predicted molar refractivity (Wildman–Crippen MR) is 98.3 cm³/mol. The standard InChI is InChI=1S/C19H14N4O3S/c1-10-15-16(13(9-20)17(21)26-18(15)23-22-10)11-4-6-12(7-5-11)25-19(24)14-3-2-8-27-14/h2-8,16H,21H2,1H3,(H,22,23). The molecule has 8 heteroatoms. The highest BCUT2D eigenvalue weighted by Gasteiger charge is 2.34. The number of aryl methyl sites for hydroxylation is 1. The number of rotatable bonds is 3. The first kappa shape index (κ1) is 16.9. The van der Waals surface area contributed by atoms with Gasteiger partial charge in [-0.2, -0.15) is 5.26 Å². The lowest BCUT2D eigenvalue weighted by Gasteiger charge is -2.23. The number of fused-ring (bicyclic) bond motifs is 1. The molecule has 0 radical (unpaired) electrons. The molecular formula is C19H14N4O3S. The number of nitriles is 1. The number of carbonyl (C=O) groups excluding carboxylic acids is 1. The first-order valence-electron chi connectivity index (χ1n) is 8.06. The summed E-state index contributed by atoms with van der Waals surface area (Å²) in [7, 11) is 0. The molecule has 0 saturated heterocycles. The molecule has 1 atom stereocenters. The predicted octanol–water partition coefficient (Wildman–Crippen LogP) is 3.22. The van der Waals surface area contributed by atoms with Crippen molar-refractivity contribution >= 4 is 17.3 Å². The third-order valence-electron chi connectivity index (χ3n) is 4.28. The number of hydrogen-bond acceptors (Lipinski definition) is 7. The van der Waals surface area contributed by atoms with Gasteiger partial charge in [-0.15, -0.1) is 16.4 Å². The third-order valence-corrected chi connectivity index (χ3v) is 5.13. The van der Waals surface area contributed by atoms with Gasteiger partial charge in [-0.3, -0.25) is 5.10 Å². The molecular weight excluding hydrogens is 364 g/mol. The maximum atomic E-state index is 12.1. The molecule has 3 heterocycles. The number of hydrogen-bond donors (Lipinski definition) is 2. The number of benzene rings is 1. The molecule has 0 amide bonds. The molecule has 0 bridgehead atoms. The van der Waals surface area contributed by atoms with Crippen molar-refractivity contribution in [2.24, 2.45) is 5.73 Å². The second kappa shape index (κ2) is 6.63. The molecule has 0 spiro atoms. The van der Waals surface area contributed by atoms with E-state index in [9.17, 15) is 10.1 Å². The smallest absolute Gasteiger partial charge is 0.353 e. The quantitative estimate of drug-likeness (QED) is 0.534. The first-order chi connectivity index (χ1) is 13.1. The van der Waals surface area contributed by atoms with Crippen molar-refractivity contribution in [2.75, 3.05) is 0 Å². The van der Waals surface area contributed by atoms with Gasteiger partial charge in [0, 0.05) is 11.3 Å². The van der Waals surface area contributed by atoms with Crippen LogP contribution in [0.2, 0.25) is 0 Å². The number of esters is 1. The lowest BCUT2D eigenvalue weighted by molar-refractivity contribution is 0.0740. The fourth-order valence-electron chi connectivity index (χ4n) is 3.01. The van der Waals surface area contributed by atoms with Crippen molar-refractivity contribution in [2.45, 2.75) is 12.8 Å². The average Bonchev–Trinajstić information content (AvgIpc) is 3.32. The van der Waals surface area contributed by atoms with Crippen LogP contribution in [0.3, 0.4) is 0 Å². The summed E-state index contributed by atoms with van der Waals surface area (Å²) in [6.45, 7) is 1.86. The molecule has 7 nitrogen and oxygen atoms in total. The molecule has 0 aliphatic carbocycles. The minimum atomic E-state index is -0.404. The van der Waals surface area contributed by atoms with Crippen molar-refractivity contribution in [3.05, 3.63) is 74.9 Å². The Bertz CT molecular complexity index is 1080. The first-order valence-corrected chi connectivity index (χ1v) is 8.94. The number of H-pyrrole nitrogens is 1. The Morgan fingerprint density at radius 1 is 1.37 bits per heavy atom. The maximum absolute atomic E-state index is 12.1. The highest BCUT2D eigenvalue weighted by molar-refractivity contribution is 7.12. The summed E-state index contributed by atoms with van der Waals surface area (Å²) in [5.41, 5.74) is 8.60. The summed E-state index contributed by atoms with van der Waals surface area (Å²) >= 11 is 1.32. The van der Waals surface area contributed by atoms with Crippen molar-refractivity contribution < 1.29 is 14.3 Å². The van der Waals surface area contributed by atoms with E-state index < -0.39 is 11.9 Å². The zero-order valence-electron chi connectivity index (χ0n) is 14.2. The Labute approximate surface area is 158 Å². The second-order valence-electron chi connectivity index (χ2n) is 5.93. The average molecular weight is 378 g/mol. The van der Waals surface area contributed by atoms with Gasteiger partial charge < -0.3 is 15.2 Å². The topological polar surface area (TPSA) is 114 Å². The zero-order valence-corrected chi connectivity index (χ0v) is 15.0. The monoisotopic (exact) mass is 378 g/mol. The number of aromatic amines is 1. The van der Waals surface area contributed by atoms with Gasteiger partial charge in [-0.1, -0.05) is 18.2 Å². The number of allylic oxidation sites excluding steroid dienone is 1. The summed E-state index contributed by atoms with van der Waals surface area (Å²) in [6.07, 6.45) is 0. The van der Waals surface area contributed by atoms with E-state index in [0.29, 0.717) is 22.1 Å². The van der Waals surface area contributed by atoms with Gasteiger partial charge in [-0.05, 0) is 36.1 Å². The molecule has 3 N–H and O–H groups in total. The number of ether oxygens (including phenoxy) is 2. The van der Waals surface area contributed by atoms with Crippen LogP contribution in [0.4, 0.5) is 0 Å². The minimum absolute atomic E-state index is 0.0368. The van der Waals surface area contributed by atoms with Crippen LogP contribution in [0.15, 0.2) is 53.2 Å². The van der Waals surface area contributed by atoms with Gasteiger partial charge in [0.15, 0.2) is 0 Å². The van der Waals surface area contributed by atoms with Gasteiger partial charge in [-0.25, -0.2) is 4.79 Å². The summed E-state index contributed by atoms with van der Waals surface area (Å²) in [6, 6.07) is 12.6. The van der Waals surface area contributed by atoms with Crippen molar-refractivity contribution in [3.63, 3.8) is 0 Å². The van der Waals surface area contributed by atoms with Crippen LogP contribution < -0.4 is 15.2 Å². The number of thiophene rings is 1. The van der Waals surface area contributed by atoms with Crippen LogP contribution in [-0.2, 0) is 0 Å². The molecule has 4 rings (SSSR count). The lowest BCUT2D eigenvalue weighted by Crippen LogP contribution is -2.21. The van der Waals surface area contributed by atoms with E-state index >= 15 is 0 Å². The molecule has 1 aliphatic rings. The number of aromatic nitrogens is 2. The van der Waals surface area contributed by atoms with E-state index in [-0.39, 0.29) is 5.88 Å². The number of nitrogens with two attached hydrogens (primary N) is 1. The van der Waals surface area contributed by atoms with Crippen molar-refractivity contribution in [1.29, 1.82) is 5.26 Å². The van der Waals surface area contributed by atoms with Crippen molar-refractivity contribution in [3.8, 4) is 17.7 Å². The molecule has 1 unspecified atom stereocenters. The largest absolute Gasteiger partial charge is 0.422 e. The zero-order chi connectivity index (χ0) is 19.0. The van der Waals surface area contributed by atoms with Gasteiger partial charge in [0.1, 0.15) is 22.3 Å². The van der Waals surface area contributed by atoms with Gasteiger partial charge >= 0.3 is 5.97 Å². The van der Waals surface area contributed by atoms with Gasteiger partial charge in [0.25, 0.3) is 0 Å². The van der Waals surface area contributed by atoms with Crippen LogP contribution in [0.25, 0.3) is 0 Å². The van der Waals surface area contributed by atoms with E-state index in [1.165, 1.54) is 11.3 Å². The normalized spacial score (nSPS) is 15.6. The number of nitrogens with one attached hydrogen (secondary N) is 1. The van der Waals surface area contributed by atoms with Gasteiger partial charge in [0.2, 0.25) is 11.8 Å². The highest BCUT2D eigenvalue weighted by Crippen LogP contribution is 2.42. The fourth-order valence-corrected chi connectivity index (χ4v) is 3.61. The Kier molecular flexibility index (Phi) is 4.14. The third kappa shape index (κ3) is 2.94. The van der Waals surface area contributed by atoms with E-state index in [0.717, 1.165) is 16.8 Å². The summed E-state index contributed by atoms with van der Waals surface area (Å²) in [4.78, 5) is 12.6. The Morgan fingerprint density at radius 3 is 2.81 bits per heavy atom. The molecule has 134 valence electrons. The van der Waals surface area contributed by atoms with E-state index in [1.54, 1.807) is 36.4 Å². The molecule has 0 fully saturated rings. The molecule has 1 aliphatic heterocycles. The molecule has 3 aromatic rings. The highest BCUT2D eigenvalue weighted by atomic mass is 32.1. The summed E-state index contributed by atoms with van der Waals surface area (Å²) < 4.78 is 10.8. The maximum Gasteiger partial charge on any atom is 0.353 e. The van der Waals surface area contributed by atoms with Crippen LogP contribution in [0, 0.1) is 18.3 Å². The summed E-state index contributed by atoms with van der Waals surface area (Å²) in [5, 5.41) is 18.3. The van der Waals surface area contributed by atoms with Crippen LogP contribution in [0.1, 0.15) is 32.4 Å². The van der Waals surface area contributed by atoms with Crippen molar-refractivity contribution in [1.82, 2.24) is 10.2 Å². The second-order valence-corrected chi connectivity index (χ2v) is 6.88. The lowest BCUT2D eigenvalue weighted by atomic mass is 9.84. The van der Waals surface area contributed by atoms with E-state index in [2.05, 4.69) is 16.3 Å². The minimum Gasteiger partial charge on any atom is -0.422 e. The molecule has 1 aromatic carbocycles. The summed E-state index contributed by atoms with van der Waals surface area (Å²) in [5.74, 6) is 0.0129. The molecule has 2 aromatic heterocycles. The van der Waals surface area contributed by atoms with E-state index in [4.69, 9.17) is 15.2 Å². The number of carbonyl (C=O) groups is 1. The SMILES string of the molecule is Cc1[nH]nc2c1C(c1ccc(OC(=O)c3cccs3)cc1)C(C#N)=C(N)O2. The Morgan fingerprint density at radius 2 is 2.15 bits per heavy atom. The van der Waals surface area contributed by atoms with Crippen LogP contribution in [0.5, 0.6) is 11.6 Å². The molecule has 27 heavy (non-hydrogen) atoms. The Balaban J connectivity index is 1.66. The van der Waals surface area contributed by atoms with Crippen LogP contribution >= 0.6 is 11.3 Å². The fraction of sp³-hybridized carbons (Fsp3) is 0.105. The Hall–Kier alpha value is -3.57. The van der Waals surface area contributed by atoms with E-state index in [1.807, 2.05) is 12.3 Å². The molecule has 0 saturated carbocycles.